The number of benzene rings is 2. The summed E-state index contributed by atoms with van der Waals surface area (Å²) in [5.74, 6) is 0.843. The molecule has 5 heteroatoms. The third-order valence-corrected chi connectivity index (χ3v) is 3.73. The lowest BCUT2D eigenvalue weighted by atomic mass is 10.1. The Kier molecular flexibility index (Phi) is 4.61. The topological polar surface area (TPSA) is 81.3 Å². The Morgan fingerprint density at radius 2 is 1.79 bits per heavy atom. The van der Waals surface area contributed by atoms with Crippen molar-refractivity contribution in [1.82, 2.24) is 10.2 Å². The smallest absolute Gasteiger partial charge is 0.188 e. The number of nitrogens with two attached hydrogens (primary N) is 1. The van der Waals surface area contributed by atoms with E-state index in [2.05, 4.69) is 41.4 Å². The van der Waals surface area contributed by atoms with Crippen LogP contribution >= 0.6 is 0 Å². The van der Waals surface area contributed by atoms with Crippen LogP contribution < -0.4 is 10.5 Å². The van der Waals surface area contributed by atoms with Gasteiger partial charge in [0.1, 0.15) is 11.4 Å². The summed E-state index contributed by atoms with van der Waals surface area (Å²) in [5.41, 5.74) is 9.38. The molecule has 0 spiro atoms. The maximum atomic E-state index is 9.93. The van der Waals surface area contributed by atoms with E-state index in [-0.39, 0.29) is 11.6 Å². The largest absolute Gasteiger partial charge is 0.507 e. The van der Waals surface area contributed by atoms with Crippen molar-refractivity contribution < 1.29 is 9.84 Å². The molecule has 1 heterocycles. The van der Waals surface area contributed by atoms with Crippen LogP contribution in [0.15, 0.2) is 54.6 Å². The van der Waals surface area contributed by atoms with E-state index >= 15 is 0 Å². The molecular formula is C19H19N3O2. The number of para-hydroxylation sites is 1. The van der Waals surface area contributed by atoms with Crippen LogP contribution in [0.1, 0.15) is 11.1 Å². The lowest BCUT2D eigenvalue weighted by Crippen LogP contribution is -2.06. The van der Waals surface area contributed by atoms with Gasteiger partial charge in [0.15, 0.2) is 11.6 Å². The molecule has 0 amide bonds. The summed E-state index contributed by atoms with van der Waals surface area (Å²) in [5, 5.41) is 17.9. The second-order valence-corrected chi connectivity index (χ2v) is 5.58. The molecule has 0 atom stereocenters. The summed E-state index contributed by atoms with van der Waals surface area (Å²) in [6.07, 6.45) is 0.772. The Hall–Kier alpha value is -3.08. The average Bonchev–Trinajstić information content (AvgIpc) is 2.59. The second kappa shape index (κ2) is 7.00. The predicted octanol–water partition coefficient (Wildman–Crippen LogP) is 3.36. The Balaban J connectivity index is 1.72. The lowest BCUT2D eigenvalue weighted by Gasteiger charge is -2.10. The first kappa shape index (κ1) is 15.8. The average molecular weight is 321 g/mol. The molecule has 5 nitrogen and oxygen atoms in total. The van der Waals surface area contributed by atoms with Crippen LogP contribution in [0, 0.1) is 6.92 Å². The molecular weight excluding hydrogens is 302 g/mol. The Morgan fingerprint density at radius 3 is 2.54 bits per heavy atom. The van der Waals surface area contributed by atoms with Crippen LogP contribution in [0.4, 0.5) is 5.82 Å². The number of nitrogen functional groups attached to an aromatic ring is 1. The van der Waals surface area contributed by atoms with Crippen molar-refractivity contribution in [2.75, 3.05) is 12.3 Å². The van der Waals surface area contributed by atoms with Gasteiger partial charge in [-0.15, -0.1) is 10.2 Å². The van der Waals surface area contributed by atoms with Crippen LogP contribution in [-0.4, -0.2) is 21.9 Å². The predicted molar refractivity (Wildman–Crippen MR) is 93.9 cm³/mol. The minimum absolute atomic E-state index is 0.141. The first-order chi connectivity index (χ1) is 11.6. The Labute approximate surface area is 140 Å². The quantitative estimate of drug-likeness (QED) is 0.753. The molecule has 0 saturated heterocycles. The Morgan fingerprint density at radius 1 is 1.04 bits per heavy atom. The number of ether oxygens (including phenoxy) is 1. The molecule has 1 aromatic heterocycles. The van der Waals surface area contributed by atoms with E-state index < -0.39 is 0 Å². The number of hydrogen-bond donors (Lipinski definition) is 2. The summed E-state index contributed by atoms with van der Waals surface area (Å²) in [6, 6.07) is 17.0. The number of aromatic nitrogens is 2. The molecule has 0 aliphatic rings. The summed E-state index contributed by atoms with van der Waals surface area (Å²) >= 11 is 0. The zero-order chi connectivity index (χ0) is 16.9. The third kappa shape index (κ3) is 3.63. The van der Waals surface area contributed by atoms with E-state index in [9.17, 15) is 5.11 Å². The number of aryl methyl sites for hydroxylation is 1. The van der Waals surface area contributed by atoms with Crippen molar-refractivity contribution in [2.24, 2.45) is 0 Å². The molecule has 3 rings (SSSR count). The van der Waals surface area contributed by atoms with Crippen LogP contribution in [0.5, 0.6) is 11.5 Å². The van der Waals surface area contributed by atoms with Gasteiger partial charge in [-0.3, -0.25) is 0 Å². The van der Waals surface area contributed by atoms with Gasteiger partial charge < -0.3 is 15.6 Å². The van der Waals surface area contributed by atoms with Gasteiger partial charge in [-0.1, -0.05) is 42.0 Å². The van der Waals surface area contributed by atoms with Crippen molar-refractivity contribution in [3.8, 4) is 22.8 Å². The molecule has 122 valence electrons. The molecule has 0 bridgehead atoms. The highest BCUT2D eigenvalue weighted by atomic mass is 16.5. The molecule has 0 saturated carbocycles. The van der Waals surface area contributed by atoms with Gasteiger partial charge >= 0.3 is 0 Å². The molecule has 2 aromatic carbocycles. The summed E-state index contributed by atoms with van der Waals surface area (Å²) in [7, 11) is 0. The number of rotatable bonds is 5. The van der Waals surface area contributed by atoms with Gasteiger partial charge in [-0.05, 0) is 24.6 Å². The maximum Gasteiger partial charge on any atom is 0.188 e. The molecule has 0 aliphatic heterocycles. The van der Waals surface area contributed by atoms with E-state index in [1.807, 2.05) is 6.07 Å². The summed E-state index contributed by atoms with van der Waals surface area (Å²) in [4.78, 5) is 0. The number of nitrogens with zero attached hydrogens (tertiary/aromatic N) is 2. The van der Waals surface area contributed by atoms with Crippen molar-refractivity contribution >= 4 is 5.82 Å². The SMILES string of the molecule is Cc1ccc(CCOc2cc(-c3ccccc3O)nnc2N)cc1. The highest BCUT2D eigenvalue weighted by molar-refractivity contribution is 5.68. The number of phenolic OH excluding ortho intramolecular Hbond substituents is 1. The van der Waals surface area contributed by atoms with E-state index in [1.165, 1.54) is 11.1 Å². The number of anilines is 1. The number of hydrogen-bond acceptors (Lipinski definition) is 5. The minimum Gasteiger partial charge on any atom is -0.507 e. The highest BCUT2D eigenvalue weighted by Gasteiger charge is 2.10. The van der Waals surface area contributed by atoms with Crippen molar-refractivity contribution in [1.29, 1.82) is 0 Å². The van der Waals surface area contributed by atoms with Crippen LogP contribution in [-0.2, 0) is 6.42 Å². The standard InChI is InChI=1S/C19H19N3O2/c1-13-6-8-14(9-7-13)10-11-24-18-12-16(21-22-19(18)20)15-4-2-3-5-17(15)23/h2-9,12,23H,10-11H2,1H3,(H2,20,22). The van der Waals surface area contributed by atoms with E-state index in [0.717, 1.165) is 6.42 Å². The Bertz CT molecular complexity index is 832. The van der Waals surface area contributed by atoms with Gasteiger partial charge in [0.05, 0.1) is 6.61 Å². The normalized spacial score (nSPS) is 10.5. The van der Waals surface area contributed by atoms with Gasteiger partial charge in [0.2, 0.25) is 0 Å². The molecule has 0 radical (unpaired) electrons. The van der Waals surface area contributed by atoms with Gasteiger partial charge in [0, 0.05) is 18.1 Å². The molecule has 0 aliphatic carbocycles. The number of aromatic hydroxyl groups is 1. The third-order valence-electron chi connectivity index (χ3n) is 3.73. The molecule has 3 aromatic rings. The molecule has 3 N–H and O–H groups in total. The molecule has 0 fully saturated rings. The zero-order valence-electron chi connectivity index (χ0n) is 13.4. The van der Waals surface area contributed by atoms with Gasteiger partial charge in [0.25, 0.3) is 0 Å². The van der Waals surface area contributed by atoms with E-state index in [1.54, 1.807) is 24.3 Å². The van der Waals surface area contributed by atoms with Gasteiger partial charge in [-0.25, -0.2) is 0 Å². The fourth-order valence-electron chi connectivity index (χ4n) is 2.36. The minimum atomic E-state index is 0.141. The fraction of sp³-hybridized carbons (Fsp3) is 0.158. The molecule has 24 heavy (non-hydrogen) atoms. The van der Waals surface area contributed by atoms with Crippen molar-refractivity contribution in [2.45, 2.75) is 13.3 Å². The van der Waals surface area contributed by atoms with E-state index in [4.69, 9.17) is 10.5 Å². The van der Waals surface area contributed by atoms with Gasteiger partial charge in [-0.2, -0.15) is 0 Å². The van der Waals surface area contributed by atoms with Crippen molar-refractivity contribution in [3.63, 3.8) is 0 Å². The maximum absolute atomic E-state index is 9.93. The first-order valence-electron chi connectivity index (χ1n) is 7.73. The van der Waals surface area contributed by atoms with Crippen LogP contribution in [0.3, 0.4) is 0 Å². The fourth-order valence-corrected chi connectivity index (χ4v) is 2.36. The number of phenols is 1. The molecule has 0 unspecified atom stereocenters. The summed E-state index contributed by atoms with van der Waals surface area (Å²) in [6.45, 7) is 2.54. The zero-order valence-corrected chi connectivity index (χ0v) is 13.4. The monoisotopic (exact) mass is 321 g/mol. The van der Waals surface area contributed by atoms with Crippen molar-refractivity contribution in [3.05, 3.63) is 65.7 Å². The first-order valence-corrected chi connectivity index (χ1v) is 7.73. The summed E-state index contributed by atoms with van der Waals surface area (Å²) < 4.78 is 5.76. The second-order valence-electron chi connectivity index (χ2n) is 5.58. The highest BCUT2D eigenvalue weighted by Crippen LogP contribution is 2.30. The van der Waals surface area contributed by atoms with Crippen LogP contribution in [0.2, 0.25) is 0 Å². The lowest BCUT2D eigenvalue weighted by molar-refractivity contribution is 0.322. The van der Waals surface area contributed by atoms with E-state index in [0.29, 0.717) is 23.6 Å². The van der Waals surface area contributed by atoms with Crippen LogP contribution in [0.25, 0.3) is 11.3 Å².